The molecule has 1 saturated heterocycles. The van der Waals surface area contributed by atoms with Gasteiger partial charge in [0.25, 0.3) is 5.91 Å². The van der Waals surface area contributed by atoms with Crippen molar-refractivity contribution < 1.29 is 18.0 Å². The number of sulfonamides is 1. The van der Waals surface area contributed by atoms with Crippen molar-refractivity contribution in [2.24, 2.45) is 5.92 Å². The Kier molecular flexibility index (Phi) is 8.87. The quantitative estimate of drug-likeness (QED) is 0.401. The van der Waals surface area contributed by atoms with E-state index in [4.69, 9.17) is 23.2 Å². The molecule has 0 unspecified atom stereocenters. The Balaban J connectivity index is 1.41. The molecule has 1 heterocycles. The lowest BCUT2D eigenvalue weighted by atomic mass is 9.98. The lowest BCUT2D eigenvalue weighted by Gasteiger charge is -2.31. The molecular formula is C27H27Cl2N3O4S. The summed E-state index contributed by atoms with van der Waals surface area (Å²) in [4.78, 5) is 26.0. The van der Waals surface area contributed by atoms with Gasteiger partial charge in [-0.2, -0.15) is 0 Å². The molecule has 3 aromatic carbocycles. The molecular weight excluding hydrogens is 533 g/mol. The largest absolute Gasteiger partial charge is 0.348 e. The van der Waals surface area contributed by atoms with Crippen LogP contribution in [0.15, 0.2) is 72.8 Å². The second-order valence-electron chi connectivity index (χ2n) is 8.89. The minimum atomic E-state index is -3.70. The van der Waals surface area contributed by atoms with Gasteiger partial charge in [-0.3, -0.25) is 9.59 Å². The highest BCUT2D eigenvalue weighted by atomic mass is 35.5. The van der Waals surface area contributed by atoms with Crippen LogP contribution in [-0.4, -0.2) is 37.6 Å². The van der Waals surface area contributed by atoms with Crippen molar-refractivity contribution >= 4 is 50.7 Å². The normalized spacial score (nSPS) is 16.2. The Labute approximate surface area is 226 Å². The van der Waals surface area contributed by atoms with Gasteiger partial charge in [-0.05, 0) is 48.2 Å². The number of carbonyl (C=O) groups is 2. The zero-order valence-electron chi connectivity index (χ0n) is 20.0. The SMILES string of the molecule is O=C(NCc1ccccc1)c1ccccc1NC(=O)[C@H]1CCCN(S(=O)(=O)Cc2ccc(Cl)cc2Cl)C1. The van der Waals surface area contributed by atoms with E-state index in [1.807, 2.05) is 30.3 Å². The number of hydrogen-bond acceptors (Lipinski definition) is 4. The third-order valence-electron chi connectivity index (χ3n) is 6.23. The van der Waals surface area contributed by atoms with E-state index in [-0.39, 0.29) is 29.1 Å². The van der Waals surface area contributed by atoms with Gasteiger partial charge in [-0.25, -0.2) is 12.7 Å². The summed E-state index contributed by atoms with van der Waals surface area (Å²) in [6.45, 7) is 0.743. The topological polar surface area (TPSA) is 95.6 Å². The summed E-state index contributed by atoms with van der Waals surface area (Å²) in [5.74, 6) is -1.47. The molecule has 2 amide bonds. The van der Waals surface area contributed by atoms with Gasteiger partial charge in [-0.15, -0.1) is 0 Å². The van der Waals surface area contributed by atoms with Gasteiger partial charge in [0.05, 0.1) is 22.9 Å². The van der Waals surface area contributed by atoms with Crippen molar-refractivity contribution in [1.29, 1.82) is 0 Å². The van der Waals surface area contributed by atoms with Crippen molar-refractivity contribution in [3.05, 3.63) is 99.5 Å². The van der Waals surface area contributed by atoms with Crippen molar-refractivity contribution in [3.8, 4) is 0 Å². The number of benzene rings is 3. The second kappa shape index (κ2) is 12.1. The van der Waals surface area contributed by atoms with E-state index in [0.717, 1.165) is 5.56 Å². The third kappa shape index (κ3) is 7.11. The highest BCUT2D eigenvalue weighted by molar-refractivity contribution is 7.88. The zero-order valence-corrected chi connectivity index (χ0v) is 22.3. The number of halogens is 2. The van der Waals surface area contributed by atoms with E-state index in [0.29, 0.717) is 47.8 Å². The lowest BCUT2D eigenvalue weighted by Crippen LogP contribution is -2.44. The Bertz CT molecular complexity index is 1380. The molecule has 2 N–H and O–H groups in total. The zero-order chi connectivity index (χ0) is 26.4. The number of carbonyl (C=O) groups excluding carboxylic acids is 2. The van der Waals surface area contributed by atoms with Crippen molar-refractivity contribution in [2.45, 2.75) is 25.1 Å². The molecule has 1 aliphatic rings. The first-order valence-electron chi connectivity index (χ1n) is 11.9. The molecule has 0 spiro atoms. The molecule has 0 radical (unpaired) electrons. The van der Waals surface area contributed by atoms with Crippen molar-refractivity contribution in [1.82, 2.24) is 9.62 Å². The molecule has 10 heteroatoms. The average molecular weight is 561 g/mol. The Morgan fingerprint density at radius 2 is 1.70 bits per heavy atom. The summed E-state index contributed by atoms with van der Waals surface area (Å²) < 4.78 is 27.5. The fraction of sp³-hybridized carbons (Fsp3) is 0.259. The standard InChI is InChI=1S/C27H27Cl2N3O4S/c28-22-13-12-21(24(29)15-22)18-37(35,36)32-14-6-9-20(17-32)26(33)31-25-11-5-4-10-23(25)27(34)30-16-19-7-2-1-3-8-19/h1-5,7-8,10-13,15,20H,6,9,14,16-18H2,(H,30,34)(H,31,33)/t20-/m0/s1. The molecule has 4 rings (SSSR count). The minimum absolute atomic E-state index is 0.0573. The Morgan fingerprint density at radius 1 is 0.973 bits per heavy atom. The average Bonchev–Trinajstić information content (AvgIpc) is 2.90. The summed E-state index contributed by atoms with van der Waals surface area (Å²) in [5, 5.41) is 6.42. The van der Waals surface area contributed by atoms with Gasteiger partial charge in [0.2, 0.25) is 15.9 Å². The minimum Gasteiger partial charge on any atom is -0.348 e. The van der Waals surface area contributed by atoms with Gasteiger partial charge in [-0.1, -0.05) is 71.7 Å². The maximum Gasteiger partial charge on any atom is 0.253 e. The fourth-order valence-electron chi connectivity index (χ4n) is 4.23. The van der Waals surface area contributed by atoms with E-state index >= 15 is 0 Å². The van der Waals surface area contributed by atoms with Crippen LogP contribution in [0, 0.1) is 5.92 Å². The van der Waals surface area contributed by atoms with Gasteiger partial charge in [0.15, 0.2) is 0 Å². The van der Waals surface area contributed by atoms with Crippen LogP contribution in [0.25, 0.3) is 0 Å². The van der Waals surface area contributed by atoms with Gasteiger partial charge in [0.1, 0.15) is 0 Å². The van der Waals surface area contributed by atoms with E-state index in [2.05, 4.69) is 10.6 Å². The molecule has 3 aromatic rings. The first-order chi connectivity index (χ1) is 17.7. The van der Waals surface area contributed by atoms with E-state index in [9.17, 15) is 18.0 Å². The molecule has 0 aliphatic carbocycles. The molecule has 7 nitrogen and oxygen atoms in total. The third-order valence-corrected chi connectivity index (χ3v) is 8.61. The van der Waals surface area contributed by atoms with Crippen LogP contribution in [0.2, 0.25) is 10.0 Å². The Morgan fingerprint density at radius 3 is 2.46 bits per heavy atom. The highest BCUT2D eigenvalue weighted by Gasteiger charge is 2.33. The number of hydrogen-bond donors (Lipinski definition) is 2. The summed E-state index contributed by atoms with van der Waals surface area (Å²) in [6, 6.07) is 21.0. The summed E-state index contributed by atoms with van der Waals surface area (Å²) in [5.41, 5.74) is 2.13. The smallest absolute Gasteiger partial charge is 0.253 e. The number of nitrogens with zero attached hydrogens (tertiary/aromatic N) is 1. The van der Waals surface area contributed by atoms with Crippen LogP contribution in [-0.2, 0) is 27.1 Å². The van der Waals surface area contributed by atoms with Gasteiger partial charge in [0, 0.05) is 29.7 Å². The van der Waals surface area contributed by atoms with E-state index in [1.54, 1.807) is 36.4 Å². The van der Waals surface area contributed by atoms with Crippen LogP contribution in [0.5, 0.6) is 0 Å². The predicted octanol–water partition coefficient (Wildman–Crippen LogP) is 5.10. The lowest BCUT2D eigenvalue weighted by molar-refractivity contribution is -0.120. The molecule has 1 atom stereocenters. The van der Waals surface area contributed by atoms with Crippen LogP contribution in [0.1, 0.15) is 34.3 Å². The number of anilines is 1. The monoisotopic (exact) mass is 559 g/mol. The van der Waals surface area contributed by atoms with Crippen LogP contribution >= 0.6 is 23.2 Å². The first kappa shape index (κ1) is 27.1. The van der Waals surface area contributed by atoms with Gasteiger partial charge < -0.3 is 10.6 Å². The number of para-hydroxylation sites is 1. The fourth-order valence-corrected chi connectivity index (χ4v) is 6.43. The molecule has 194 valence electrons. The molecule has 0 saturated carbocycles. The maximum absolute atomic E-state index is 13.1. The van der Waals surface area contributed by atoms with Gasteiger partial charge >= 0.3 is 0 Å². The second-order valence-corrected chi connectivity index (χ2v) is 11.7. The molecule has 1 aliphatic heterocycles. The number of rotatable bonds is 8. The van der Waals surface area contributed by atoms with Crippen molar-refractivity contribution in [3.63, 3.8) is 0 Å². The first-order valence-corrected chi connectivity index (χ1v) is 14.2. The number of nitrogens with one attached hydrogen (secondary N) is 2. The highest BCUT2D eigenvalue weighted by Crippen LogP contribution is 2.27. The molecule has 0 aromatic heterocycles. The Hall–Kier alpha value is -2.91. The van der Waals surface area contributed by atoms with Crippen molar-refractivity contribution in [2.75, 3.05) is 18.4 Å². The molecule has 1 fully saturated rings. The van der Waals surface area contributed by atoms with Crippen LogP contribution < -0.4 is 10.6 Å². The summed E-state index contributed by atoms with van der Waals surface area (Å²) in [6.07, 6.45) is 1.09. The molecule has 37 heavy (non-hydrogen) atoms. The number of amides is 2. The van der Waals surface area contributed by atoms with E-state index < -0.39 is 15.9 Å². The molecule has 0 bridgehead atoms. The van der Waals surface area contributed by atoms with Crippen LogP contribution in [0.3, 0.4) is 0 Å². The van der Waals surface area contributed by atoms with E-state index in [1.165, 1.54) is 10.4 Å². The van der Waals surface area contributed by atoms with Crippen LogP contribution in [0.4, 0.5) is 5.69 Å². The number of piperidine rings is 1. The predicted molar refractivity (Wildman–Crippen MR) is 146 cm³/mol. The summed E-state index contributed by atoms with van der Waals surface area (Å²) in [7, 11) is -3.70. The maximum atomic E-state index is 13.1. The summed E-state index contributed by atoms with van der Waals surface area (Å²) >= 11 is 12.1.